The van der Waals surface area contributed by atoms with Gasteiger partial charge in [0.25, 0.3) is 0 Å². The number of aliphatic hydroxyl groups is 1. The van der Waals surface area contributed by atoms with Gasteiger partial charge in [-0.05, 0) is 5.92 Å². The van der Waals surface area contributed by atoms with Crippen LogP contribution in [0, 0.1) is 11.8 Å². The smallest absolute Gasteiger partial charge is 0.303 e. The molecule has 0 spiro atoms. The normalized spacial score (nSPS) is 35.9. The second kappa shape index (κ2) is 6.15. The summed E-state index contributed by atoms with van der Waals surface area (Å²) in [6.07, 6.45) is -2.28. The van der Waals surface area contributed by atoms with E-state index in [9.17, 15) is 14.7 Å². The van der Waals surface area contributed by atoms with Gasteiger partial charge in [-0.1, -0.05) is 13.8 Å². The summed E-state index contributed by atoms with van der Waals surface area (Å²) in [5.74, 6) is -0.939. The standard InChI is InChI=1S/C12H20O6/c1-6-7(2)11(17-9(4)14)12(15)18-10(6)5-16-8(3)13/h6-7,10-12,15H,5H2,1-4H3. The summed E-state index contributed by atoms with van der Waals surface area (Å²) in [5, 5.41) is 9.80. The molecule has 1 saturated heterocycles. The molecule has 5 atom stereocenters. The van der Waals surface area contributed by atoms with E-state index < -0.39 is 30.4 Å². The molecule has 18 heavy (non-hydrogen) atoms. The van der Waals surface area contributed by atoms with Crippen molar-refractivity contribution in [3.63, 3.8) is 0 Å². The Kier molecular flexibility index (Phi) is 5.10. The lowest BCUT2D eigenvalue weighted by Crippen LogP contribution is -2.52. The highest BCUT2D eigenvalue weighted by Crippen LogP contribution is 2.32. The first kappa shape index (κ1) is 14.9. The van der Waals surface area contributed by atoms with Gasteiger partial charge in [-0.3, -0.25) is 9.59 Å². The lowest BCUT2D eigenvalue weighted by molar-refractivity contribution is -0.263. The van der Waals surface area contributed by atoms with Gasteiger partial charge < -0.3 is 19.3 Å². The van der Waals surface area contributed by atoms with Crippen LogP contribution >= 0.6 is 0 Å². The highest BCUT2D eigenvalue weighted by Gasteiger charge is 2.42. The van der Waals surface area contributed by atoms with Crippen LogP contribution in [0.2, 0.25) is 0 Å². The second-order valence-corrected chi connectivity index (χ2v) is 4.66. The number of carbonyl (C=O) groups is 2. The lowest BCUT2D eigenvalue weighted by Gasteiger charge is -2.41. The van der Waals surface area contributed by atoms with Crippen LogP contribution in [0.25, 0.3) is 0 Å². The lowest BCUT2D eigenvalue weighted by atomic mass is 9.83. The molecular weight excluding hydrogens is 240 g/mol. The van der Waals surface area contributed by atoms with E-state index >= 15 is 0 Å². The first-order chi connectivity index (χ1) is 8.32. The topological polar surface area (TPSA) is 82.1 Å². The molecule has 0 radical (unpaired) electrons. The molecule has 1 rings (SSSR count). The van der Waals surface area contributed by atoms with Crippen LogP contribution in [-0.4, -0.2) is 42.1 Å². The number of hydrogen-bond acceptors (Lipinski definition) is 6. The summed E-state index contributed by atoms with van der Waals surface area (Å²) < 4.78 is 15.3. The van der Waals surface area contributed by atoms with Gasteiger partial charge in [-0.25, -0.2) is 0 Å². The van der Waals surface area contributed by atoms with Crippen molar-refractivity contribution >= 4 is 11.9 Å². The van der Waals surface area contributed by atoms with Crippen LogP contribution in [0.3, 0.4) is 0 Å². The van der Waals surface area contributed by atoms with Crippen LogP contribution in [-0.2, 0) is 23.8 Å². The predicted octanol–water partition coefficient (Wildman–Crippen LogP) is 0.471. The van der Waals surface area contributed by atoms with Crippen LogP contribution in [0.5, 0.6) is 0 Å². The fraction of sp³-hybridized carbons (Fsp3) is 0.833. The summed E-state index contributed by atoms with van der Waals surface area (Å²) >= 11 is 0. The minimum atomic E-state index is -1.19. The zero-order valence-electron chi connectivity index (χ0n) is 11.1. The molecular formula is C12H20O6. The van der Waals surface area contributed by atoms with Gasteiger partial charge in [0, 0.05) is 19.8 Å². The van der Waals surface area contributed by atoms with Gasteiger partial charge in [0.15, 0.2) is 12.4 Å². The van der Waals surface area contributed by atoms with Gasteiger partial charge in [-0.15, -0.1) is 0 Å². The highest BCUT2D eigenvalue weighted by atomic mass is 16.7. The zero-order chi connectivity index (χ0) is 13.9. The Bertz CT molecular complexity index is 314. The Hall–Kier alpha value is -1.14. The minimum Gasteiger partial charge on any atom is -0.463 e. The number of esters is 2. The van der Waals surface area contributed by atoms with Gasteiger partial charge in [0.2, 0.25) is 0 Å². The van der Waals surface area contributed by atoms with E-state index in [1.165, 1.54) is 13.8 Å². The van der Waals surface area contributed by atoms with Crippen molar-refractivity contribution in [2.45, 2.75) is 46.2 Å². The van der Waals surface area contributed by atoms with E-state index in [1.54, 1.807) is 0 Å². The number of ether oxygens (including phenoxy) is 3. The number of hydrogen-bond donors (Lipinski definition) is 1. The Balaban J connectivity index is 2.64. The fourth-order valence-electron chi connectivity index (χ4n) is 2.03. The Morgan fingerprint density at radius 1 is 1.17 bits per heavy atom. The second-order valence-electron chi connectivity index (χ2n) is 4.66. The zero-order valence-corrected chi connectivity index (χ0v) is 11.1. The molecule has 0 saturated carbocycles. The highest BCUT2D eigenvalue weighted by molar-refractivity contribution is 5.66. The molecule has 0 bridgehead atoms. The van der Waals surface area contributed by atoms with Crippen molar-refractivity contribution in [1.29, 1.82) is 0 Å². The van der Waals surface area contributed by atoms with E-state index in [1.807, 2.05) is 13.8 Å². The molecule has 1 aliphatic heterocycles. The molecule has 1 N–H and O–H groups in total. The summed E-state index contributed by atoms with van der Waals surface area (Å²) in [5.41, 5.74) is 0. The average Bonchev–Trinajstić information content (AvgIpc) is 2.27. The maximum atomic E-state index is 10.9. The third-order valence-electron chi connectivity index (χ3n) is 3.28. The van der Waals surface area contributed by atoms with E-state index in [0.29, 0.717) is 0 Å². The third kappa shape index (κ3) is 3.68. The number of rotatable bonds is 3. The fourth-order valence-corrected chi connectivity index (χ4v) is 2.03. The van der Waals surface area contributed by atoms with Gasteiger partial charge in [0.05, 0.1) is 6.10 Å². The summed E-state index contributed by atoms with van der Waals surface area (Å²) in [6.45, 7) is 6.46. The quantitative estimate of drug-likeness (QED) is 0.743. The summed E-state index contributed by atoms with van der Waals surface area (Å²) in [4.78, 5) is 21.7. The molecule has 0 amide bonds. The third-order valence-corrected chi connectivity index (χ3v) is 3.28. The van der Waals surface area contributed by atoms with Crippen LogP contribution in [0.1, 0.15) is 27.7 Å². The molecule has 1 heterocycles. The van der Waals surface area contributed by atoms with Crippen LogP contribution < -0.4 is 0 Å². The first-order valence-corrected chi connectivity index (χ1v) is 5.97. The SMILES string of the molecule is CC(=O)OCC1OC(O)C(OC(C)=O)C(C)C1C. The van der Waals surface area contributed by atoms with Gasteiger partial charge >= 0.3 is 11.9 Å². The Morgan fingerprint density at radius 3 is 2.28 bits per heavy atom. The molecule has 0 aromatic carbocycles. The molecule has 5 unspecified atom stereocenters. The Morgan fingerprint density at radius 2 is 1.78 bits per heavy atom. The molecule has 6 heteroatoms. The number of aliphatic hydroxyl groups excluding tert-OH is 1. The molecule has 6 nitrogen and oxygen atoms in total. The molecule has 0 aromatic rings. The maximum absolute atomic E-state index is 10.9. The molecule has 0 aliphatic carbocycles. The van der Waals surface area contributed by atoms with E-state index in [0.717, 1.165) is 0 Å². The van der Waals surface area contributed by atoms with Crippen molar-refractivity contribution in [2.24, 2.45) is 11.8 Å². The summed E-state index contributed by atoms with van der Waals surface area (Å²) in [6, 6.07) is 0. The number of carbonyl (C=O) groups excluding carboxylic acids is 2. The van der Waals surface area contributed by atoms with Crippen molar-refractivity contribution < 1.29 is 28.9 Å². The van der Waals surface area contributed by atoms with Crippen LogP contribution in [0.4, 0.5) is 0 Å². The van der Waals surface area contributed by atoms with Crippen molar-refractivity contribution in [2.75, 3.05) is 6.61 Å². The van der Waals surface area contributed by atoms with Crippen LogP contribution in [0.15, 0.2) is 0 Å². The van der Waals surface area contributed by atoms with E-state index in [4.69, 9.17) is 14.2 Å². The Labute approximate surface area is 106 Å². The largest absolute Gasteiger partial charge is 0.463 e. The van der Waals surface area contributed by atoms with E-state index in [2.05, 4.69) is 0 Å². The average molecular weight is 260 g/mol. The minimum absolute atomic E-state index is 0.00269. The predicted molar refractivity (Wildman–Crippen MR) is 61.4 cm³/mol. The van der Waals surface area contributed by atoms with Gasteiger partial charge in [-0.2, -0.15) is 0 Å². The molecule has 1 fully saturated rings. The molecule has 0 aromatic heterocycles. The maximum Gasteiger partial charge on any atom is 0.303 e. The van der Waals surface area contributed by atoms with E-state index in [-0.39, 0.29) is 18.4 Å². The van der Waals surface area contributed by atoms with Crippen molar-refractivity contribution in [3.05, 3.63) is 0 Å². The molecule has 1 aliphatic rings. The van der Waals surface area contributed by atoms with Gasteiger partial charge in [0.1, 0.15) is 6.61 Å². The first-order valence-electron chi connectivity index (χ1n) is 5.97. The van der Waals surface area contributed by atoms with Crippen molar-refractivity contribution in [1.82, 2.24) is 0 Å². The monoisotopic (exact) mass is 260 g/mol. The van der Waals surface area contributed by atoms with Crippen molar-refractivity contribution in [3.8, 4) is 0 Å². The summed E-state index contributed by atoms with van der Waals surface area (Å²) in [7, 11) is 0. The molecule has 104 valence electrons.